The van der Waals surface area contributed by atoms with Crippen LogP contribution < -0.4 is 0 Å². The molecule has 0 spiro atoms. The third-order valence-corrected chi connectivity index (χ3v) is 13.2. The fraction of sp³-hybridized carbons (Fsp3) is 1.00. The first kappa shape index (κ1) is 65.9. The standard InChI is InChI=1S/C13H13F17O3Si.C10H4Cl3F17Si/c1-31-34(32-2,33-3)5-4-6(14,15)7(16,17)8(18,19)9(20,21)10(22,23)11(24,25)12(26,27)13(28,29)30;11-31(12,13)2-1-3(14,15)4(16,17)5(18,19)6(20,21)7(22,23)8(24,25)9(26,27)10(28,29)30/h4-5H2,1-3H3;1-2H2. The Kier molecular flexibility index (Phi) is 18.8. The summed E-state index contributed by atoms with van der Waals surface area (Å²) >= 11 is 14.9. The van der Waals surface area contributed by atoms with Crippen LogP contribution in [0.15, 0.2) is 0 Å². The zero-order chi connectivity index (χ0) is 53.9. The highest BCUT2D eigenvalue weighted by Crippen LogP contribution is 2.66. The van der Waals surface area contributed by atoms with Crippen LogP contribution >= 0.6 is 33.2 Å². The second-order valence-corrected chi connectivity index (χ2v) is 24.6. The van der Waals surface area contributed by atoms with Crippen molar-refractivity contribution < 1.29 is 163 Å². The Hall–Kier alpha value is -1.20. The lowest BCUT2D eigenvalue weighted by molar-refractivity contribution is -0.461. The zero-order valence-electron chi connectivity index (χ0n) is 30.0. The Bertz CT molecular complexity index is 1580. The molecule has 0 amide bonds. The van der Waals surface area contributed by atoms with Crippen LogP contribution in [-0.2, 0) is 13.3 Å². The van der Waals surface area contributed by atoms with Crippen LogP contribution in [0.2, 0.25) is 12.1 Å². The van der Waals surface area contributed by atoms with Crippen molar-refractivity contribution in [3.63, 3.8) is 0 Å². The van der Waals surface area contributed by atoms with Crippen molar-refractivity contribution in [1.82, 2.24) is 0 Å². The summed E-state index contributed by atoms with van der Waals surface area (Å²) in [5.74, 6) is -113. The normalized spacial score (nSPS) is 16.4. The van der Waals surface area contributed by atoms with E-state index in [0.29, 0.717) is 21.3 Å². The highest BCUT2D eigenvalue weighted by atomic mass is 35.8. The molecule has 0 unspecified atom stereocenters. The van der Waals surface area contributed by atoms with Gasteiger partial charge in [0.2, 0.25) is 0 Å². The molecule has 0 N–H and O–H groups in total. The van der Waals surface area contributed by atoms with E-state index in [1.165, 1.54) is 0 Å². The first-order chi connectivity index (χ1) is 27.6. The van der Waals surface area contributed by atoms with Gasteiger partial charge in [-0.3, -0.25) is 0 Å². The van der Waals surface area contributed by atoms with Gasteiger partial charge in [0.05, 0.1) is 0 Å². The van der Waals surface area contributed by atoms with Crippen LogP contribution in [0.3, 0.4) is 0 Å². The third-order valence-electron chi connectivity index (χ3n) is 7.97. The van der Waals surface area contributed by atoms with Crippen molar-refractivity contribution in [2.75, 3.05) is 21.3 Å². The molecule has 0 aromatic heterocycles. The summed E-state index contributed by atoms with van der Waals surface area (Å²) in [7, 11) is -2.36. The van der Waals surface area contributed by atoms with E-state index in [-0.39, 0.29) is 0 Å². The van der Waals surface area contributed by atoms with Gasteiger partial charge in [-0.2, -0.15) is 149 Å². The molecule has 0 rings (SSSR count). The number of hydrogen-bond acceptors (Lipinski definition) is 3. The molecule has 3 nitrogen and oxygen atoms in total. The summed E-state index contributed by atoms with van der Waals surface area (Å²) < 4.78 is 457. The topological polar surface area (TPSA) is 27.7 Å². The largest absolute Gasteiger partial charge is 0.500 e. The lowest BCUT2D eigenvalue weighted by atomic mass is 9.88. The Labute approximate surface area is 352 Å². The van der Waals surface area contributed by atoms with E-state index in [1.54, 1.807) is 0 Å². The van der Waals surface area contributed by atoms with E-state index >= 15 is 0 Å². The summed E-state index contributed by atoms with van der Waals surface area (Å²) in [5.41, 5.74) is 0. The van der Waals surface area contributed by atoms with Crippen LogP contribution in [0, 0.1) is 0 Å². The maximum atomic E-state index is 13.8. The third kappa shape index (κ3) is 10.6. The lowest BCUT2D eigenvalue weighted by Crippen LogP contribution is -2.74. The Morgan fingerprint density at radius 2 is 0.446 bits per heavy atom. The molecular weight excluding hydrogens is 1130 g/mol. The fourth-order valence-electron chi connectivity index (χ4n) is 3.87. The van der Waals surface area contributed by atoms with E-state index < -0.39 is 135 Å². The average molecular weight is 1150 g/mol. The van der Waals surface area contributed by atoms with Gasteiger partial charge in [-0.1, -0.05) is 0 Å². The smallest absolute Gasteiger partial charge is 0.377 e. The Morgan fingerprint density at radius 3 is 0.615 bits per heavy atom. The molecule has 0 aliphatic rings. The molecule has 0 aliphatic carbocycles. The maximum Gasteiger partial charge on any atom is 0.500 e. The van der Waals surface area contributed by atoms with E-state index in [4.69, 9.17) is 33.2 Å². The Balaban J connectivity index is 0. The molecule has 394 valence electrons. The maximum absolute atomic E-state index is 13.8. The molecule has 0 bridgehead atoms. The first-order valence-electron chi connectivity index (χ1n) is 14.7. The number of alkyl halides is 34. The van der Waals surface area contributed by atoms with Crippen molar-refractivity contribution in [3.05, 3.63) is 0 Å². The van der Waals surface area contributed by atoms with Gasteiger partial charge in [0, 0.05) is 40.2 Å². The Morgan fingerprint density at radius 1 is 0.277 bits per heavy atom. The zero-order valence-corrected chi connectivity index (χ0v) is 34.3. The van der Waals surface area contributed by atoms with Gasteiger partial charge in [-0.25, -0.2) is 0 Å². The lowest BCUT2D eigenvalue weighted by Gasteiger charge is -2.43. The fourth-order valence-corrected chi connectivity index (χ4v) is 7.05. The van der Waals surface area contributed by atoms with E-state index in [2.05, 4.69) is 13.3 Å². The quantitative estimate of drug-likeness (QED) is 0.0651. The highest BCUT2D eigenvalue weighted by molar-refractivity contribution is 7.64. The number of rotatable bonds is 21. The molecule has 0 heterocycles. The van der Waals surface area contributed by atoms with Gasteiger partial charge in [0.15, 0.2) is 0 Å². The van der Waals surface area contributed by atoms with Gasteiger partial charge < -0.3 is 13.3 Å². The van der Waals surface area contributed by atoms with Crippen molar-refractivity contribution in [1.29, 1.82) is 0 Å². The number of hydrogen-bond donors (Lipinski definition) is 0. The van der Waals surface area contributed by atoms with Gasteiger partial charge in [-0.15, -0.1) is 33.2 Å². The molecule has 0 radical (unpaired) electrons. The predicted molar refractivity (Wildman–Crippen MR) is 150 cm³/mol. The SMILES string of the molecule is CO[Si](CCC(F)(F)C(F)(F)C(F)(F)C(F)(F)C(F)(F)C(F)(F)C(F)(F)C(F)(F)F)(OC)OC.FC(F)(F)C(F)(F)C(F)(F)C(F)(F)C(F)(F)C(F)(F)C(F)(F)C(F)(F)CC[Si](Cl)(Cl)Cl. The molecular formula is C23H17Cl3F34O3Si2. The van der Waals surface area contributed by atoms with Gasteiger partial charge in [0.1, 0.15) is 0 Å². The second-order valence-electron chi connectivity index (χ2n) is 12.2. The minimum absolute atomic E-state index is 0.668. The number of halogens is 37. The van der Waals surface area contributed by atoms with Crippen molar-refractivity contribution in [3.8, 4) is 0 Å². The minimum Gasteiger partial charge on any atom is -0.377 e. The molecule has 65 heavy (non-hydrogen) atoms. The van der Waals surface area contributed by atoms with E-state index in [0.717, 1.165) is 0 Å². The predicted octanol–water partition coefficient (Wildman–Crippen LogP) is 14.3. The van der Waals surface area contributed by atoms with Crippen molar-refractivity contribution in [2.45, 2.75) is 120 Å². The van der Waals surface area contributed by atoms with Crippen LogP contribution in [0.4, 0.5) is 149 Å². The summed E-state index contributed by atoms with van der Waals surface area (Å²) in [6.45, 7) is 0. The van der Waals surface area contributed by atoms with Crippen LogP contribution in [0.5, 0.6) is 0 Å². The van der Waals surface area contributed by atoms with Crippen molar-refractivity contribution in [2.24, 2.45) is 0 Å². The highest BCUT2D eigenvalue weighted by Gasteiger charge is 2.97. The molecule has 42 heteroatoms. The molecule has 0 aromatic rings. The molecule has 0 atom stereocenters. The second kappa shape index (κ2) is 18.5. The molecule has 0 fully saturated rings. The minimum atomic E-state index is -8.65. The molecule has 0 saturated carbocycles. The average Bonchev–Trinajstić information content (AvgIpc) is 3.09. The first-order valence-corrected chi connectivity index (χ1v) is 21.9. The van der Waals surface area contributed by atoms with Gasteiger partial charge in [-0.05, 0) is 6.04 Å². The molecule has 0 aliphatic heterocycles. The monoisotopic (exact) mass is 1150 g/mol. The van der Waals surface area contributed by atoms with Gasteiger partial charge >= 0.3 is 110 Å². The van der Waals surface area contributed by atoms with Gasteiger partial charge in [0.25, 0.3) is 0 Å². The summed E-state index contributed by atoms with van der Waals surface area (Å²) in [6.07, 6.45) is -21.0. The van der Waals surface area contributed by atoms with E-state index in [1.807, 2.05) is 0 Å². The molecule has 0 saturated heterocycles. The molecule has 0 aromatic carbocycles. The summed E-state index contributed by atoms with van der Waals surface area (Å²) in [6, 6.07) is -7.69. The van der Waals surface area contributed by atoms with Crippen LogP contribution in [0.1, 0.15) is 12.8 Å². The van der Waals surface area contributed by atoms with E-state index in [9.17, 15) is 149 Å². The van der Waals surface area contributed by atoms with Crippen LogP contribution in [0.25, 0.3) is 0 Å². The van der Waals surface area contributed by atoms with Crippen LogP contribution in [-0.4, -0.2) is 131 Å². The summed E-state index contributed by atoms with van der Waals surface area (Å²) in [5, 5.41) is 0. The summed E-state index contributed by atoms with van der Waals surface area (Å²) in [4.78, 5) is 0. The van der Waals surface area contributed by atoms with Crippen molar-refractivity contribution >= 4 is 48.0 Å².